The van der Waals surface area contributed by atoms with Crippen molar-refractivity contribution in [2.75, 3.05) is 0 Å². The van der Waals surface area contributed by atoms with Gasteiger partial charge >= 0.3 is 0 Å². The van der Waals surface area contributed by atoms with Crippen LogP contribution in [0.15, 0.2) is 29.8 Å². The molecule has 5 heteroatoms. The third-order valence-corrected chi connectivity index (χ3v) is 2.98. The van der Waals surface area contributed by atoms with Crippen molar-refractivity contribution in [2.24, 2.45) is 0 Å². The number of nitro groups is 1. The first-order valence-electron chi connectivity index (χ1n) is 4.16. The Kier molecular flexibility index (Phi) is 2.47. The summed E-state index contributed by atoms with van der Waals surface area (Å²) < 4.78 is 13.8. The molecule has 0 saturated heterocycles. The zero-order valence-electron chi connectivity index (χ0n) is 7.51. The van der Waals surface area contributed by atoms with Crippen molar-refractivity contribution in [1.29, 1.82) is 0 Å². The van der Waals surface area contributed by atoms with Crippen LogP contribution in [0.5, 0.6) is 0 Å². The largest absolute Gasteiger partial charge is 0.259 e. The monoisotopic (exact) mass is 223 g/mol. The summed E-state index contributed by atoms with van der Waals surface area (Å²) in [6.45, 7) is 0. The predicted molar refractivity (Wildman–Crippen MR) is 57.8 cm³/mol. The van der Waals surface area contributed by atoms with Crippen LogP contribution in [0.1, 0.15) is 5.56 Å². The Bertz CT molecular complexity index is 547. The molecule has 1 aromatic heterocycles. The zero-order valence-corrected chi connectivity index (χ0v) is 8.33. The molecule has 2 rings (SSSR count). The van der Waals surface area contributed by atoms with Crippen molar-refractivity contribution in [3.05, 3.63) is 51.3 Å². The third kappa shape index (κ3) is 1.87. The lowest BCUT2D eigenvalue weighted by atomic mass is 10.2. The van der Waals surface area contributed by atoms with E-state index in [-0.39, 0.29) is 5.82 Å². The highest BCUT2D eigenvalue weighted by Gasteiger charge is 2.05. The van der Waals surface area contributed by atoms with Gasteiger partial charge in [0.05, 0.1) is 9.62 Å². The molecule has 0 aliphatic carbocycles. The smallest absolute Gasteiger partial charge is 0.235 e. The average molecular weight is 223 g/mol. The van der Waals surface area contributed by atoms with Gasteiger partial charge in [0.1, 0.15) is 5.82 Å². The van der Waals surface area contributed by atoms with Gasteiger partial charge in [0.2, 0.25) is 6.20 Å². The van der Waals surface area contributed by atoms with E-state index >= 15 is 0 Å². The topological polar surface area (TPSA) is 43.1 Å². The van der Waals surface area contributed by atoms with Gasteiger partial charge in [-0.1, -0.05) is 12.1 Å². The van der Waals surface area contributed by atoms with Gasteiger partial charge in [-0.15, -0.1) is 11.3 Å². The minimum Gasteiger partial charge on any atom is -0.259 e. The van der Waals surface area contributed by atoms with Gasteiger partial charge in [0, 0.05) is 11.5 Å². The first kappa shape index (κ1) is 9.79. The Morgan fingerprint density at radius 3 is 3.00 bits per heavy atom. The van der Waals surface area contributed by atoms with Gasteiger partial charge < -0.3 is 0 Å². The van der Waals surface area contributed by atoms with Crippen molar-refractivity contribution < 1.29 is 9.31 Å². The number of rotatable bonds is 2. The van der Waals surface area contributed by atoms with Crippen LogP contribution in [0.2, 0.25) is 0 Å². The Morgan fingerprint density at radius 2 is 2.27 bits per heavy atom. The fourth-order valence-corrected chi connectivity index (χ4v) is 2.26. The molecule has 0 fully saturated rings. The van der Waals surface area contributed by atoms with E-state index in [9.17, 15) is 14.5 Å². The molecule has 0 unspecified atom stereocenters. The molecule has 0 bridgehead atoms. The van der Waals surface area contributed by atoms with Crippen LogP contribution >= 0.6 is 11.3 Å². The Balaban J connectivity index is 2.54. The summed E-state index contributed by atoms with van der Waals surface area (Å²) in [5.74, 6) is -0.293. The molecule has 3 nitrogen and oxygen atoms in total. The van der Waals surface area contributed by atoms with Gasteiger partial charge in [-0.05, 0) is 17.0 Å². The Morgan fingerprint density at radius 1 is 1.47 bits per heavy atom. The predicted octanol–water partition coefficient (Wildman–Crippen LogP) is 3.29. The molecule has 76 valence electrons. The summed E-state index contributed by atoms with van der Waals surface area (Å²) >= 11 is 1.24. The summed E-state index contributed by atoms with van der Waals surface area (Å²) in [6, 6.07) is 4.71. The number of hydrogen-bond acceptors (Lipinski definition) is 3. The van der Waals surface area contributed by atoms with Gasteiger partial charge in [0.25, 0.3) is 0 Å². The van der Waals surface area contributed by atoms with Crippen molar-refractivity contribution in [2.45, 2.75) is 0 Å². The highest BCUT2D eigenvalue weighted by Crippen LogP contribution is 2.28. The van der Waals surface area contributed by atoms with Crippen LogP contribution in [0.4, 0.5) is 4.39 Å². The molecule has 0 amide bonds. The summed E-state index contributed by atoms with van der Waals surface area (Å²) in [4.78, 5) is 9.61. The average Bonchev–Trinajstić information content (AvgIpc) is 2.59. The molecule has 0 saturated carbocycles. The summed E-state index contributed by atoms with van der Waals surface area (Å²) in [5.41, 5.74) is 0.672. The van der Waals surface area contributed by atoms with Crippen molar-refractivity contribution in [3.63, 3.8) is 0 Å². The minimum atomic E-state index is -0.539. The highest BCUT2D eigenvalue weighted by atomic mass is 32.1. The van der Waals surface area contributed by atoms with E-state index in [1.807, 2.05) is 0 Å². The summed E-state index contributed by atoms with van der Waals surface area (Å²) in [5, 5.41) is 12.6. The number of nitrogens with zero attached hydrogens (tertiary/aromatic N) is 1. The van der Waals surface area contributed by atoms with Crippen LogP contribution in [-0.2, 0) is 0 Å². The van der Waals surface area contributed by atoms with E-state index in [0.29, 0.717) is 15.6 Å². The van der Waals surface area contributed by atoms with E-state index in [0.717, 1.165) is 6.20 Å². The lowest BCUT2D eigenvalue weighted by molar-refractivity contribution is -0.400. The normalized spacial score (nSPS) is 11.3. The van der Waals surface area contributed by atoms with Gasteiger partial charge in [-0.25, -0.2) is 4.39 Å². The van der Waals surface area contributed by atoms with Gasteiger partial charge in [0.15, 0.2) is 0 Å². The zero-order chi connectivity index (χ0) is 10.8. The Labute approximate surface area is 88.6 Å². The lowest BCUT2D eigenvalue weighted by Gasteiger charge is -1.91. The van der Waals surface area contributed by atoms with E-state index in [1.165, 1.54) is 23.5 Å². The molecule has 1 heterocycles. The number of halogens is 1. The second-order valence-electron chi connectivity index (χ2n) is 2.91. The quantitative estimate of drug-likeness (QED) is 0.579. The molecule has 0 N–H and O–H groups in total. The first-order chi connectivity index (χ1) is 7.18. The first-order valence-corrected chi connectivity index (χ1v) is 5.04. The molecule has 0 atom stereocenters. The van der Waals surface area contributed by atoms with Crippen LogP contribution in [0, 0.1) is 15.9 Å². The second kappa shape index (κ2) is 3.78. The fraction of sp³-hybridized carbons (Fsp3) is 0. The molecule has 1 aromatic carbocycles. The molecule has 0 aliphatic heterocycles. The van der Waals surface area contributed by atoms with E-state index in [2.05, 4.69) is 0 Å². The maximum Gasteiger partial charge on any atom is 0.235 e. The van der Waals surface area contributed by atoms with E-state index < -0.39 is 4.92 Å². The standard InChI is InChI=1S/C10H6FNO2S/c11-9-3-1-2-8-7(4-5-12(13)14)6-15-10(8)9/h1-6H/b5-4+. The number of fused-ring (bicyclic) bond motifs is 1. The minimum absolute atomic E-state index is 0.293. The molecule has 2 aromatic rings. The van der Waals surface area contributed by atoms with Crippen LogP contribution in [0.25, 0.3) is 16.2 Å². The van der Waals surface area contributed by atoms with Crippen molar-refractivity contribution in [3.8, 4) is 0 Å². The third-order valence-electron chi connectivity index (χ3n) is 1.96. The maximum atomic E-state index is 13.3. The number of thiophene rings is 1. The second-order valence-corrected chi connectivity index (χ2v) is 3.79. The molecule has 0 radical (unpaired) electrons. The van der Waals surface area contributed by atoms with Crippen LogP contribution < -0.4 is 0 Å². The van der Waals surface area contributed by atoms with E-state index in [1.54, 1.807) is 17.5 Å². The molecular formula is C10H6FNO2S. The molecule has 0 spiro atoms. The van der Waals surface area contributed by atoms with Crippen molar-refractivity contribution in [1.82, 2.24) is 0 Å². The van der Waals surface area contributed by atoms with E-state index in [4.69, 9.17) is 0 Å². The Hall–Kier alpha value is -1.75. The van der Waals surface area contributed by atoms with Crippen LogP contribution in [0.3, 0.4) is 0 Å². The molecule has 15 heavy (non-hydrogen) atoms. The summed E-state index contributed by atoms with van der Waals surface area (Å²) in [7, 11) is 0. The van der Waals surface area contributed by atoms with Crippen molar-refractivity contribution >= 4 is 27.5 Å². The number of benzene rings is 1. The number of hydrogen-bond donors (Lipinski definition) is 0. The lowest BCUT2D eigenvalue weighted by Crippen LogP contribution is -1.81. The van der Waals surface area contributed by atoms with Gasteiger partial charge in [-0.3, -0.25) is 10.1 Å². The molecular weight excluding hydrogens is 217 g/mol. The fourth-order valence-electron chi connectivity index (χ4n) is 1.31. The van der Waals surface area contributed by atoms with Gasteiger partial charge in [-0.2, -0.15) is 0 Å². The maximum absolute atomic E-state index is 13.3. The highest BCUT2D eigenvalue weighted by molar-refractivity contribution is 7.17. The molecule has 0 aliphatic rings. The summed E-state index contributed by atoms with van der Waals surface area (Å²) in [6.07, 6.45) is 2.23. The van der Waals surface area contributed by atoms with Crippen LogP contribution in [-0.4, -0.2) is 4.92 Å². The SMILES string of the molecule is O=[N+]([O-])/C=C/c1csc2c(F)cccc12.